The molecule has 1 saturated heterocycles. The van der Waals surface area contributed by atoms with Crippen molar-refractivity contribution in [1.82, 2.24) is 29.8 Å². The van der Waals surface area contributed by atoms with Gasteiger partial charge in [-0.15, -0.1) is 0 Å². The van der Waals surface area contributed by atoms with Crippen molar-refractivity contribution in [2.75, 3.05) is 25.4 Å². The lowest BCUT2D eigenvalue weighted by atomic mass is 10.1. The standard InChI is InChI=1S/C21H20F7N7O2/c1-9-11(19(37)33-14-6-34(5-13(14)22)7-16(36)21(26,27)28)2-10(4-30-9)15-3-12(20(23,24)25)17-18(29)31-8-32-35(15)17/h2-4,8,13-14,16,36H,5-7H2,1H3,(H,33,37)(H2,29,31,32)/t13-,14+,16-/m0/s1. The minimum atomic E-state index is -4.87. The number of hydrogen-bond acceptors (Lipinski definition) is 7. The number of alkyl halides is 7. The number of aromatic nitrogens is 4. The topological polar surface area (TPSA) is 122 Å². The second-order valence-corrected chi connectivity index (χ2v) is 8.58. The third-order valence-corrected chi connectivity index (χ3v) is 5.96. The summed E-state index contributed by atoms with van der Waals surface area (Å²) in [7, 11) is 0. The van der Waals surface area contributed by atoms with Gasteiger partial charge >= 0.3 is 12.4 Å². The summed E-state index contributed by atoms with van der Waals surface area (Å²) in [5.41, 5.74) is 4.12. The number of amides is 1. The van der Waals surface area contributed by atoms with Crippen LogP contribution in [0, 0.1) is 6.92 Å². The van der Waals surface area contributed by atoms with Crippen LogP contribution >= 0.6 is 0 Å². The van der Waals surface area contributed by atoms with Gasteiger partial charge in [0.05, 0.1) is 28.6 Å². The quantitative estimate of drug-likeness (QED) is 0.429. The van der Waals surface area contributed by atoms with Crippen molar-refractivity contribution in [3.8, 4) is 11.3 Å². The van der Waals surface area contributed by atoms with E-state index in [1.165, 1.54) is 19.2 Å². The van der Waals surface area contributed by atoms with Gasteiger partial charge in [-0.25, -0.2) is 13.9 Å². The van der Waals surface area contributed by atoms with Gasteiger partial charge < -0.3 is 16.2 Å². The molecule has 0 aliphatic carbocycles. The lowest BCUT2D eigenvalue weighted by Gasteiger charge is -2.21. The number of nitrogens with one attached hydrogen (secondary N) is 1. The number of nitrogen functional groups attached to an aromatic ring is 1. The van der Waals surface area contributed by atoms with E-state index >= 15 is 0 Å². The molecular formula is C21H20F7N7O2. The zero-order valence-corrected chi connectivity index (χ0v) is 19.0. The van der Waals surface area contributed by atoms with Crippen LogP contribution in [0.4, 0.5) is 36.6 Å². The molecule has 0 aromatic carbocycles. The molecule has 200 valence electrons. The fraction of sp³-hybridized carbons (Fsp3) is 0.429. The van der Waals surface area contributed by atoms with Crippen molar-refractivity contribution in [3.63, 3.8) is 0 Å². The molecule has 1 fully saturated rings. The summed E-state index contributed by atoms with van der Waals surface area (Å²) in [5.74, 6) is -1.24. The van der Waals surface area contributed by atoms with Crippen molar-refractivity contribution in [1.29, 1.82) is 0 Å². The van der Waals surface area contributed by atoms with Gasteiger partial charge in [-0.05, 0) is 19.1 Å². The maximum absolute atomic E-state index is 14.5. The number of pyridine rings is 1. The number of fused-ring (bicyclic) bond motifs is 1. The van der Waals surface area contributed by atoms with Gasteiger partial charge in [-0.1, -0.05) is 0 Å². The van der Waals surface area contributed by atoms with Crippen molar-refractivity contribution in [3.05, 3.63) is 41.5 Å². The van der Waals surface area contributed by atoms with Crippen LogP contribution in [0.1, 0.15) is 21.6 Å². The number of aliphatic hydroxyl groups excluding tert-OH is 1. The van der Waals surface area contributed by atoms with E-state index in [9.17, 15) is 40.6 Å². The van der Waals surface area contributed by atoms with Crippen LogP contribution in [0.2, 0.25) is 0 Å². The highest BCUT2D eigenvalue weighted by molar-refractivity contribution is 5.96. The molecule has 9 nitrogen and oxygen atoms in total. The number of aliphatic hydroxyl groups is 1. The van der Waals surface area contributed by atoms with E-state index in [0.29, 0.717) is 0 Å². The lowest BCUT2D eigenvalue weighted by molar-refractivity contribution is -0.207. The van der Waals surface area contributed by atoms with Crippen LogP contribution in [0.5, 0.6) is 0 Å². The molecule has 4 heterocycles. The van der Waals surface area contributed by atoms with E-state index in [1.807, 2.05) is 0 Å². The van der Waals surface area contributed by atoms with Gasteiger partial charge in [0, 0.05) is 31.4 Å². The van der Waals surface area contributed by atoms with E-state index in [1.54, 1.807) is 0 Å². The number of nitrogens with zero attached hydrogens (tertiary/aromatic N) is 5. The predicted molar refractivity (Wildman–Crippen MR) is 115 cm³/mol. The number of carbonyl (C=O) groups excluding carboxylic acids is 1. The molecule has 4 rings (SSSR count). The number of hydrogen-bond donors (Lipinski definition) is 3. The first kappa shape index (κ1) is 26.5. The van der Waals surface area contributed by atoms with Crippen molar-refractivity contribution in [2.24, 2.45) is 0 Å². The maximum Gasteiger partial charge on any atom is 0.418 e. The largest absolute Gasteiger partial charge is 0.418 e. The Hall–Kier alpha value is -3.53. The molecule has 0 radical (unpaired) electrons. The minimum absolute atomic E-state index is 0.0671. The summed E-state index contributed by atoms with van der Waals surface area (Å²) in [6, 6.07) is 0.840. The fourth-order valence-electron chi connectivity index (χ4n) is 4.11. The fourth-order valence-corrected chi connectivity index (χ4v) is 4.11. The first-order chi connectivity index (χ1) is 17.2. The predicted octanol–water partition coefficient (Wildman–Crippen LogP) is 2.38. The number of anilines is 1. The number of nitrogens with two attached hydrogens (primary N) is 1. The highest BCUT2D eigenvalue weighted by Gasteiger charge is 2.42. The summed E-state index contributed by atoms with van der Waals surface area (Å²) in [6.45, 7) is -0.141. The first-order valence-corrected chi connectivity index (χ1v) is 10.7. The van der Waals surface area contributed by atoms with Crippen molar-refractivity contribution >= 4 is 17.2 Å². The molecular weight excluding hydrogens is 515 g/mol. The van der Waals surface area contributed by atoms with Crippen LogP contribution < -0.4 is 11.1 Å². The van der Waals surface area contributed by atoms with E-state index in [-0.39, 0.29) is 29.1 Å². The average molecular weight is 535 g/mol. The second-order valence-electron chi connectivity index (χ2n) is 8.58. The molecule has 0 unspecified atom stereocenters. The highest BCUT2D eigenvalue weighted by atomic mass is 19.4. The van der Waals surface area contributed by atoms with E-state index in [4.69, 9.17) is 5.73 Å². The SMILES string of the molecule is Cc1ncc(-c2cc(C(F)(F)F)c3c(N)ncnn23)cc1C(=O)N[C@@H]1CN(C[C@H](O)C(F)(F)F)C[C@@H]1F. The van der Waals surface area contributed by atoms with E-state index in [0.717, 1.165) is 21.8 Å². The summed E-state index contributed by atoms with van der Waals surface area (Å²) in [5, 5.41) is 15.4. The first-order valence-electron chi connectivity index (χ1n) is 10.7. The van der Waals surface area contributed by atoms with Gasteiger partial charge in [0.1, 0.15) is 18.0 Å². The smallest absolute Gasteiger partial charge is 0.382 e. The lowest BCUT2D eigenvalue weighted by Crippen LogP contribution is -2.43. The minimum Gasteiger partial charge on any atom is -0.382 e. The normalized spacial score (nSPS) is 19.9. The Balaban J connectivity index is 1.60. The maximum atomic E-state index is 14.5. The third kappa shape index (κ3) is 5.29. The van der Waals surface area contributed by atoms with Gasteiger partial charge in [0.2, 0.25) is 0 Å². The molecule has 1 aliphatic heterocycles. The van der Waals surface area contributed by atoms with Gasteiger partial charge in [-0.2, -0.15) is 31.4 Å². The molecule has 1 amide bonds. The molecule has 0 saturated carbocycles. The Kier molecular flexibility index (Phi) is 6.74. The van der Waals surface area contributed by atoms with Crippen molar-refractivity contribution in [2.45, 2.75) is 37.6 Å². The average Bonchev–Trinajstić information content (AvgIpc) is 3.34. The molecule has 16 heteroatoms. The van der Waals surface area contributed by atoms with Gasteiger partial charge in [-0.3, -0.25) is 14.7 Å². The summed E-state index contributed by atoms with van der Waals surface area (Å²) in [6.07, 6.45) is -11.9. The van der Waals surface area contributed by atoms with Gasteiger partial charge in [0.25, 0.3) is 5.91 Å². The number of aryl methyl sites for hydroxylation is 1. The Morgan fingerprint density at radius 1 is 1.22 bits per heavy atom. The molecule has 0 bridgehead atoms. The number of likely N-dealkylation sites (tertiary alicyclic amines) is 1. The Morgan fingerprint density at radius 3 is 2.57 bits per heavy atom. The molecule has 3 aromatic rings. The van der Waals surface area contributed by atoms with E-state index < -0.39 is 66.6 Å². The van der Waals surface area contributed by atoms with Crippen LogP contribution in [0.25, 0.3) is 16.8 Å². The third-order valence-electron chi connectivity index (χ3n) is 5.96. The highest BCUT2D eigenvalue weighted by Crippen LogP contribution is 2.38. The summed E-state index contributed by atoms with van der Waals surface area (Å²) < 4.78 is 94.1. The van der Waals surface area contributed by atoms with E-state index in [2.05, 4.69) is 20.4 Å². The molecule has 3 aromatic heterocycles. The molecule has 37 heavy (non-hydrogen) atoms. The molecule has 4 N–H and O–H groups in total. The molecule has 0 spiro atoms. The summed E-state index contributed by atoms with van der Waals surface area (Å²) in [4.78, 5) is 21.6. The monoisotopic (exact) mass is 535 g/mol. The number of β-amino-alcohol motifs (C(OH)–C–C–N with tert-alkyl or cyclic N) is 1. The Morgan fingerprint density at radius 2 is 1.92 bits per heavy atom. The zero-order valence-electron chi connectivity index (χ0n) is 19.0. The Bertz CT molecular complexity index is 1330. The zero-order chi connectivity index (χ0) is 27.3. The van der Waals surface area contributed by atoms with Crippen molar-refractivity contribution < 1.29 is 40.6 Å². The van der Waals surface area contributed by atoms with Crippen LogP contribution in [-0.4, -0.2) is 79.6 Å². The van der Waals surface area contributed by atoms with Gasteiger partial charge in [0.15, 0.2) is 11.9 Å². The molecule has 3 atom stereocenters. The van der Waals surface area contributed by atoms with Crippen LogP contribution in [0.3, 0.4) is 0 Å². The summed E-state index contributed by atoms with van der Waals surface area (Å²) >= 11 is 0. The van der Waals surface area contributed by atoms with Crippen LogP contribution in [-0.2, 0) is 6.18 Å². The number of halogens is 7. The number of rotatable bonds is 5. The Labute approximate surface area is 204 Å². The molecule has 1 aliphatic rings. The second kappa shape index (κ2) is 9.41. The van der Waals surface area contributed by atoms with Crippen LogP contribution in [0.15, 0.2) is 24.7 Å². The number of carbonyl (C=O) groups is 1.